The van der Waals surface area contributed by atoms with E-state index in [2.05, 4.69) is 11.8 Å². The minimum Gasteiger partial charge on any atom is -0.330 e. The van der Waals surface area contributed by atoms with Gasteiger partial charge in [-0.3, -0.25) is 4.90 Å². The number of benzene rings is 1. The third-order valence-corrected chi connectivity index (χ3v) is 3.94. The Morgan fingerprint density at radius 1 is 1.50 bits per heavy atom. The number of halogens is 1. The SMILES string of the molecule is CCC(c1cccc(F)c1)N1CCCC(CN)C1. The van der Waals surface area contributed by atoms with Crippen LogP contribution >= 0.6 is 0 Å². The topological polar surface area (TPSA) is 29.3 Å². The Balaban J connectivity index is 2.12. The van der Waals surface area contributed by atoms with Crippen LogP contribution in [-0.4, -0.2) is 24.5 Å². The molecule has 0 aliphatic carbocycles. The van der Waals surface area contributed by atoms with Gasteiger partial charge in [-0.25, -0.2) is 4.39 Å². The van der Waals surface area contributed by atoms with E-state index in [1.54, 1.807) is 12.1 Å². The first-order chi connectivity index (χ1) is 8.74. The second-order valence-corrected chi connectivity index (χ2v) is 5.22. The summed E-state index contributed by atoms with van der Waals surface area (Å²) in [7, 11) is 0. The molecule has 18 heavy (non-hydrogen) atoms. The van der Waals surface area contributed by atoms with Crippen LogP contribution in [-0.2, 0) is 0 Å². The molecule has 0 bridgehead atoms. The largest absolute Gasteiger partial charge is 0.330 e. The molecule has 0 radical (unpaired) electrons. The number of likely N-dealkylation sites (tertiary alicyclic amines) is 1. The molecular weight excluding hydrogens is 227 g/mol. The highest BCUT2D eigenvalue weighted by molar-refractivity contribution is 5.20. The van der Waals surface area contributed by atoms with Crippen molar-refractivity contribution >= 4 is 0 Å². The van der Waals surface area contributed by atoms with E-state index in [0.29, 0.717) is 12.0 Å². The van der Waals surface area contributed by atoms with Crippen molar-refractivity contribution in [3.8, 4) is 0 Å². The lowest BCUT2D eigenvalue weighted by Gasteiger charge is -2.38. The van der Waals surface area contributed by atoms with E-state index < -0.39 is 0 Å². The second-order valence-electron chi connectivity index (χ2n) is 5.22. The number of nitrogens with zero attached hydrogens (tertiary/aromatic N) is 1. The normalized spacial score (nSPS) is 22.9. The maximum atomic E-state index is 13.3. The van der Waals surface area contributed by atoms with Gasteiger partial charge < -0.3 is 5.73 Å². The van der Waals surface area contributed by atoms with Crippen LogP contribution in [0.15, 0.2) is 24.3 Å². The van der Waals surface area contributed by atoms with Crippen LogP contribution in [0.25, 0.3) is 0 Å². The van der Waals surface area contributed by atoms with Gasteiger partial charge in [0.1, 0.15) is 5.82 Å². The molecule has 1 aliphatic rings. The molecule has 2 rings (SSSR count). The fourth-order valence-electron chi connectivity index (χ4n) is 2.99. The molecule has 1 aliphatic heterocycles. The predicted molar refractivity (Wildman–Crippen MR) is 72.8 cm³/mol. The van der Waals surface area contributed by atoms with E-state index in [1.807, 2.05) is 6.07 Å². The first kappa shape index (κ1) is 13.5. The van der Waals surface area contributed by atoms with Gasteiger partial charge in [-0.2, -0.15) is 0 Å². The molecule has 0 saturated carbocycles. The summed E-state index contributed by atoms with van der Waals surface area (Å²) in [6, 6.07) is 7.34. The summed E-state index contributed by atoms with van der Waals surface area (Å²) in [5.41, 5.74) is 6.88. The Bertz CT molecular complexity index is 381. The Morgan fingerprint density at radius 3 is 3.00 bits per heavy atom. The number of rotatable bonds is 4. The Kier molecular flexibility index (Phi) is 4.72. The molecule has 0 spiro atoms. The fourth-order valence-corrected chi connectivity index (χ4v) is 2.99. The van der Waals surface area contributed by atoms with E-state index in [0.717, 1.165) is 31.6 Å². The summed E-state index contributed by atoms with van der Waals surface area (Å²) in [6.07, 6.45) is 3.45. The monoisotopic (exact) mass is 250 g/mol. The number of piperidine rings is 1. The summed E-state index contributed by atoms with van der Waals surface area (Å²) < 4.78 is 13.3. The Hall–Kier alpha value is -0.930. The van der Waals surface area contributed by atoms with E-state index in [1.165, 1.54) is 18.9 Å². The van der Waals surface area contributed by atoms with Crippen LogP contribution in [0.3, 0.4) is 0 Å². The lowest BCUT2D eigenvalue weighted by molar-refractivity contribution is 0.122. The van der Waals surface area contributed by atoms with E-state index in [-0.39, 0.29) is 5.82 Å². The van der Waals surface area contributed by atoms with E-state index in [4.69, 9.17) is 5.73 Å². The molecule has 1 aromatic carbocycles. The van der Waals surface area contributed by atoms with Gasteiger partial charge >= 0.3 is 0 Å². The van der Waals surface area contributed by atoms with Crippen molar-refractivity contribution in [3.05, 3.63) is 35.6 Å². The minimum absolute atomic E-state index is 0.140. The van der Waals surface area contributed by atoms with Gasteiger partial charge in [-0.05, 0) is 56.0 Å². The van der Waals surface area contributed by atoms with Crippen LogP contribution in [0.5, 0.6) is 0 Å². The van der Waals surface area contributed by atoms with Gasteiger partial charge in [0.2, 0.25) is 0 Å². The molecule has 3 heteroatoms. The smallest absolute Gasteiger partial charge is 0.123 e. The van der Waals surface area contributed by atoms with Crippen molar-refractivity contribution in [2.75, 3.05) is 19.6 Å². The molecule has 2 unspecified atom stereocenters. The molecule has 1 fully saturated rings. The third-order valence-electron chi connectivity index (χ3n) is 3.94. The standard InChI is InChI=1S/C15H23FN2/c1-2-15(13-6-3-7-14(16)9-13)18-8-4-5-12(10-17)11-18/h3,6-7,9,12,15H,2,4-5,8,10-11,17H2,1H3. The van der Waals surface area contributed by atoms with E-state index >= 15 is 0 Å². The number of nitrogens with two attached hydrogens (primary N) is 1. The zero-order chi connectivity index (χ0) is 13.0. The second kappa shape index (κ2) is 6.30. The summed E-state index contributed by atoms with van der Waals surface area (Å²) >= 11 is 0. The zero-order valence-electron chi connectivity index (χ0n) is 11.1. The molecular formula is C15H23FN2. The van der Waals surface area contributed by atoms with Crippen molar-refractivity contribution in [1.29, 1.82) is 0 Å². The molecule has 2 nitrogen and oxygen atoms in total. The van der Waals surface area contributed by atoms with E-state index in [9.17, 15) is 4.39 Å². The van der Waals surface area contributed by atoms with Gasteiger partial charge in [0.25, 0.3) is 0 Å². The average Bonchev–Trinajstić information content (AvgIpc) is 2.40. The minimum atomic E-state index is -0.140. The third kappa shape index (κ3) is 3.09. The van der Waals surface area contributed by atoms with Gasteiger partial charge in [0.05, 0.1) is 0 Å². The van der Waals surface area contributed by atoms with Crippen LogP contribution in [0.1, 0.15) is 37.8 Å². The highest BCUT2D eigenvalue weighted by Gasteiger charge is 2.25. The summed E-state index contributed by atoms with van der Waals surface area (Å²) in [5.74, 6) is 0.458. The molecule has 2 atom stereocenters. The molecule has 0 amide bonds. The predicted octanol–water partition coefficient (Wildman–Crippen LogP) is 2.95. The quantitative estimate of drug-likeness (QED) is 0.890. The van der Waals surface area contributed by atoms with Crippen molar-refractivity contribution in [1.82, 2.24) is 4.90 Å². The molecule has 1 aromatic rings. The molecule has 2 N–H and O–H groups in total. The van der Waals surface area contributed by atoms with Crippen molar-refractivity contribution in [3.63, 3.8) is 0 Å². The Labute approximate surface area is 109 Å². The van der Waals surface area contributed by atoms with Crippen LogP contribution in [0.2, 0.25) is 0 Å². The van der Waals surface area contributed by atoms with Crippen molar-refractivity contribution in [2.45, 2.75) is 32.2 Å². The maximum absolute atomic E-state index is 13.3. The summed E-state index contributed by atoms with van der Waals surface area (Å²) in [6.45, 7) is 5.08. The average molecular weight is 250 g/mol. The lowest BCUT2D eigenvalue weighted by Crippen LogP contribution is -2.40. The Morgan fingerprint density at radius 2 is 2.33 bits per heavy atom. The van der Waals surface area contributed by atoms with Gasteiger partial charge in [0.15, 0.2) is 0 Å². The van der Waals surface area contributed by atoms with Gasteiger partial charge in [-0.15, -0.1) is 0 Å². The van der Waals surface area contributed by atoms with Crippen molar-refractivity contribution in [2.24, 2.45) is 11.7 Å². The molecule has 100 valence electrons. The van der Waals surface area contributed by atoms with Crippen LogP contribution in [0.4, 0.5) is 4.39 Å². The molecule has 1 saturated heterocycles. The molecule has 1 heterocycles. The first-order valence-electron chi connectivity index (χ1n) is 6.94. The van der Waals surface area contributed by atoms with Crippen LogP contribution < -0.4 is 5.73 Å². The fraction of sp³-hybridized carbons (Fsp3) is 0.600. The number of hydrogen-bond donors (Lipinski definition) is 1. The summed E-state index contributed by atoms with van der Waals surface area (Å²) in [4.78, 5) is 2.47. The first-order valence-corrected chi connectivity index (χ1v) is 6.94. The molecule has 0 aromatic heterocycles. The highest BCUT2D eigenvalue weighted by atomic mass is 19.1. The number of hydrogen-bond acceptors (Lipinski definition) is 2. The highest BCUT2D eigenvalue weighted by Crippen LogP contribution is 2.29. The summed E-state index contributed by atoms with van der Waals surface area (Å²) in [5, 5.41) is 0. The van der Waals surface area contributed by atoms with Crippen molar-refractivity contribution < 1.29 is 4.39 Å². The maximum Gasteiger partial charge on any atom is 0.123 e. The zero-order valence-corrected chi connectivity index (χ0v) is 11.1. The van der Waals surface area contributed by atoms with Gasteiger partial charge in [-0.1, -0.05) is 19.1 Å². The lowest BCUT2D eigenvalue weighted by atomic mass is 9.94. The van der Waals surface area contributed by atoms with Crippen LogP contribution in [0, 0.1) is 11.7 Å². The van der Waals surface area contributed by atoms with Gasteiger partial charge in [0, 0.05) is 12.6 Å².